The Morgan fingerprint density at radius 1 is 0.455 bits per heavy atom. The van der Waals surface area contributed by atoms with Crippen molar-refractivity contribution in [2.24, 2.45) is 0 Å². The quantitative estimate of drug-likeness (QED) is 0.214. The molecular formula is C40H26N4. The highest BCUT2D eigenvalue weighted by atomic mass is 15.1. The number of benzene rings is 6. The largest absolute Gasteiger partial charge is 0.307 e. The Balaban J connectivity index is 1.49. The van der Waals surface area contributed by atoms with Crippen molar-refractivity contribution in [1.82, 2.24) is 19.1 Å². The van der Waals surface area contributed by atoms with Crippen LogP contribution in [0.1, 0.15) is 0 Å². The lowest BCUT2D eigenvalue weighted by Crippen LogP contribution is -2.02. The van der Waals surface area contributed by atoms with Crippen LogP contribution in [0.4, 0.5) is 0 Å². The molecule has 0 amide bonds. The summed E-state index contributed by atoms with van der Waals surface area (Å²) >= 11 is 0. The Morgan fingerprint density at radius 3 is 1.86 bits per heavy atom. The molecule has 0 radical (unpaired) electrons. The third-order valence-corrected chi connectivity index (χ3v) is 8.56. The van der Waals surface area contributed by atoms with Crippen molar-refractivity contribution in [3.8, 4) is 34.0 Å². The van der Waals surface area contributed by atoms with Crippen LogP contribution in [-0.4, -0.2) is 19.1 Å². The Labute approximate surface area is 254 Å². The molecule has 0 saturated carbocycles. The van der Waals surface area contributed by atoms with Crippen molar-refractivity contribution in [1.29, 1.82) is 0 Å². The van der Waals surface area contributed by atoms with E-state index in [-0.39, 0.29) is 0 Å². The lowest BCUT2D eigenvalue weighted by atomic mass is 10.1. The summed E-state index contributed by atoms with van der Waals surface area (Å²) in [5.41, 5.74) is 9.61. The van der Waals surface area contributed by atoms with Gasteiger partial charge in [0.1, 0.15) is 0 Å². The van der Waals surface area contributed by atoms with E-state index >= 15 is 0 Å². The Morgan fingerprint density at radius 2 is 1.09 bits per heavy atom. The summed E-state index contributed by atoms with van der Waals surface area (Å²) in [5.74, 6) is 0.707. The van der Waals surface area contributed by atoms with E-state index in [1.54, 1.807) is 0 Å². The lowest BCUT2D eigenvalue weighted by molar-refractivity contribution is 1.09. The van der Waals surface area contributed by atoms with Crippen molar-refractivity contribution in [2.45, 2.75) is 0 Å². The monoisotopic (exact) mass is 562 g/mol. The molecule has 0 bridgehead atoms. The van der Waals surface area contributed by atoms with Crippen LogP contribution in [0.25, 0.3) is 77.6 Å². The zero-order valence-corrected chi connectivity index (χ0v) is 23.8. The van der Waals surface area contributed by atoms with Gasteiger partial charge in [-0.1, -0.05) is 127 Å². The molecule has 0 N–H and O–H groups in total. The molecule has 0 fully saturated rings. The number of aromatic nitrogens is 4. The molecule has 9 rings (SSSR count). The summed E-state index contributed by atoms with van der Waals surface area (Å²) in [4.78, 5) is 10.2. The highest BCUT2D eigenvalue weighted by Gasteiger charge is 2.25. The summed E-state index contributed by atoms with van der Waals surface area (Å²) < 4.78 is 4.80. The van der Waals surface area contributed by atoms with Crippen molar-refractivity contribution in [3.63, 3.8) is 0 Å². The molecule has 0 unspecified atom stereocenters. The predicted molar refractivity (Wildman–Crippen MR) is 182 cm³/mol. The van der Waals surface area contributed by atoms with Gasteiger partial charge in [-0.3, -0.25) is 0 Å². The summed E-state index contributed by atoms with van der Waals surface area (Å²) in [6, 6.07) is 53.2. The molecule has 0 spiro atoms. The molecule has 206 valence electrons. The molecule has 0 atom stereocenters. The Hall–Kier alpha value is -6.00. The van der Waals surface area contributed by atoms with Crippen LogP contribution in [0, 0.1) is 0 Å². The normalized spacial score (nSPS) is 11.6. The summed E-state index contributed by atoms with van der Waals surface area (Å²) in [5, 5.41) is 4.82. The first-order valence-corrected chi connectivity index (χ1v) is 14.9. The van der Waals surface area contributed by atoms with Gasteiger partial charge in [-0.2, -0.15) is 0 Å². The van der Waals surface area contributed by atoms with Crippen molar-refractivity contribution in [3.05, 3.63) is 158 Å². The van der Waals surface area contributed by atoms with E-state index in [0.29, 0.717) is 5.82 Å². The third kappa shape index (κ3) is 3.64. The van der Waals surface area contributed by atoms with Crippen LogP contribution in [0.3, 0.4) is 0 Å². The van der Waals surface area contributed by atoms with Gasteiger partial charge >= 0.3 is 0 Å². The van der Waals surface area contributed by atoms with Gasteiger partial charge in [-0.05, 0) is 35.0 Å². The minimum absolute atomic E-state index is 0.707. The number of para-hydroxylation sites is 2. The van der Waals surface area contributed by atoms with Gasteiger partial charge in [0.15, 0.2) is 5.82 Å². The SMILES string of the molecule is c1ccc(-c2ncc(-n3c4ccc5ccccc5c4c4c3c3ccccc3n4-c3ccccc3)c(-c3ccccc3)n2)cc1. The van der Waals surface area contributed by atoms with Crippen LogP contribution >= 0.6 is 0 Å². The number of hydrogen-bond acceptors (Lipinski definition) is 2. The van der Waals surface area contributed by atoms with Gasteiger partial charge in [-0.15, -0.1) is 0 Å². The number of rotatable bonds is 4. The van der Waals surface area contributed by atoms with E-state index in [4.69, 9.17) is 9.97 Å². The summed E-state index contributed by atoms with van der Waals surface area (Å²) in [7, 11) is 0. The minimum Gasteiger partial charge on any atom is -0.307 e. The third-order valence-electron chi connectivity index (χ3n) is 8.56. The van der Waals surface area contributed by atoms with E-state index in [1.165, 1.54) is 27.1 Å². The average molecular weight is 563 g/mol. The lowest BCUT2D eigenvalue weighted by Gasteiger charge is -2.14. The van der Waals surface area contributed by atoms with Crippen molar-refractivity contribution >= 4 is 43.6 Å². The highest BCUT2D eigenvalue weighted by molar-refractivity contribution is 6.26. The second-order valence-electron chi connectivity index (χ2n) is 11.1. The van der Waals surface area contributed by atoms with Crippen LogP contribution in [-0.2, 0) is 0 Å². The van der Waals surface area contributed by atoms with Gasteiger partial charge in [0.25, 0.3) is 0 Å². The first-order valence-electron chi connectivity index (χ1n) is 14.9. The van der Waals surface area contributed by atoms with Gasteiger partial charge < -0.3 is 9.13 Å². The van der Waals surface area contributed by atoms with Crippen LogP contribution < -0.4 is 0 Å². The topological polar surface area (TPSA) is 35.6 Å². The molecule has 9 aromatic rings. The van der Waals surface area contributed by atoms with Crippen molar-refractivity contribution < 1.29 is 0 Å². The molecule has 0 aliphatic rings. The van der Waals surface area contributed by atoms with Gasteiger partial charge in [0, 0.05) is 27.6 Å². The van der Waals surface area contributed by atoms with Gasteiger partial charge in [-0.25, -0.2) is 9.97 Å². The fraction of sp³-hybridized carbons (Fsp3) is 0. The van der Waals surface area contributed by atoms with Gasteiger partial charge in [0.05, 0.1) is 39.6 Å². The molecule has 6 aromatic carbocycles. The minimum atomic E-state index is 0.707. The van der Waals surface area contributed by atoms with Crippen LogP contribution in [0.5, 0.6) is 0 Å². The van der Waals surface area contributed by atoms with Gasteiger partial charge in [0.2, 0.25) is 0 Å². The summed E-state index contributed by atoms with van der Waals surface area (Å²) in [6.07, 6.45) is 2.00. The standard InChI is InChI=1S/C40H26N4/c1-4-15-28(16-5-1)37-35(26-41-40(42-37)29-17-6-2-7-18-29)44-34-25-24-27-14-10-11-21-31(27)36(34)39-38(44)32-22-12-13-23-33(32)43(39)30-19-8-3-9-20-30/h1-26H. The number of hydrogen-bond donors (Lipinski definition) is 0. The van der Waals surface area contributed by atoms with E-state index in [1.807, 2.05) is 30.5 Å². The molecule has 0 saturated heterocycles. The number of fused-ring (bicyclic) bond motifs is 7. The molecule has 0 aliphatic carbocycles. The molecule has 3 heterocycles. The average Bonchev–Trinajstić information content (AvgIpc) is 3.62. The Kier molecular flexibility index (Phi) is 5.47. The maximum atomic E-state index is 5.25. The Bertz CT molecular complexity index is 2470. The fourth-order valence-electron chi connectivity index (χ4n) is 6.66. The van der Waals surface area contributed by atoms with Crippen LogP contribution in [0.15, 0.2) is 158 Å². The second kappa shape index (κ2) is 9.79. The maximum Gasteiger partial charge on any atom is 0.159 e. The van der Waals surface area contributed by atoms with E-state index < -0.39 is 0 Å². The first kappa shape index (κ1) is 24.6. The summed E-state index contributed by atoms with van der Waals surface area (Å²) in [6.45, 7) is 0. The predicted octanol–water partition coefficient (Wildman–Crippen LogP) is 10.0. The first-order chi connectivity index (χ1) is 21.9. The zero-order chi connectivity index (χ0) is 29.0. The molecule has 4 nitrogen and oxygen atoms in total. The number of nitrogens with zero attached hydrogens (tertiary/aromatic N) is 4. The van der Waals surface area contributed by atoms with E-state index in [2.05, 4.69) is 137 Å². The fourth-order valence-corrected chi connectivity index (χ4v) is 6.66. The smallest absolute Gasteiger partial charge is 0.159 e. The zero-order valence-electron chi connectivity index (χ0n) is 23.8. The molecule has 0 aliphatic heterocycles. The molecule has 3 aromatic heterocycles. The second-order valence-corrected chi connectivity index (χ2v) is 11.1. The highest BCUT2D eigenvalue weighted by Crippen LogP contribution is 2.44. The molecular weight excluding hydrogens is 536 g/mol. The van der Waals surface area contributed by atoms with E-state index in [9.17, 15) is 0 Å². The van der Waals surface area contributed by atoms with Crippen LogP contribution in [0.2, 0.25) is 0 Å². The van der Waals surface area contributed by atoms with Crippen molar-refractivity contribution in [2.75, 3.05) is 0 Å². The van der Waals surface area contributed by atoms with E-state index in [0.717, 1.165) is 44.7 Å². The maximum absolute atomic E-state index is 5.25. The molecule has 4 heteroatoms. The molecule has 44 heavy (non-hydrogen) atoms.